The molecule has 0 aromatic heterocycles. The van der Waals surface area contributed by atoms with Crippen LogP contribution in [0.2, 0.25) is 0 Å². The highest BCUT2D eigenvalue weighted by molar-refractivity contribution is 5.34. The quantitative estimate of drug-likeness (QED) is 0.269. The van der Waals surface area contributed by atoms with E-state index in [1.165, 1.54) is 47.2 Å². The van der Waals surface area contributed by atoms with Crippen LogP contribution in [0.5, 0.6) is 0 Å². The van der Waals surface area contributed by atoms with Crippen molar-refractivity contribution in [3.05, 3.63) is 100 Å². The molecule has 1 aliphatic rings. The van der Waals surface area contributed by atoms with E-state index < -0.39 is 11.7 Å². The number of ether oxygens (including phenoxy) is 1. The molecule has 0 saturated carbocycles. The van der Waals surface area contributed by atoms with Crippen LogP contribution in [0, 0.1) is 12.8 Å². The van der Waals surface area contributed by atoms with Gasteiger partial charge in [0.05, 0.1) is 5.56 Å². The Hall–Kier alpha value is -2.55. The molecule has 202 valence electrons. The number of halogens is 3. The van der Waals surface area contributed by atoms with Gasteiger partial charge in [-0.25, -0.2) is 0 Å². The minimum absolute atomic E-state index is 0. The number of allylic oxidation sites excluding steroid dienone is 3. The van der Waals surface area contributed by atoms with Gasteiger partial charge in [-0.2, -0.15) is 13.2 Å². The van der Waals surface area contributed by atoms with Gasteiger partial charge in [0.25, 0.3) is 0 Å². The zero-order valence-corrected chi connectivity index (χ0v) is 22.7. The molecular formula is C32H47F3O. The highest BCUT2D eigenvalue weighted by Crippen LogP contribution is 2.30. The van der Waals surface area contributed by atoms with E-state index in [1.807, 2.05) is 13.8 Å². The summed E-state index contributed by atoms with van der Waals surface area (Å²) in [5.41, 5.74) is 8.47. The van der Waals surface area contributed by atoms with Crippen LogP contribution in [0.3, 0.4) is 0 Å². The summed E-state index contributed by atoms with van der Waals surface area (Å²) in [4.78, 5) is 0. The summed E-state index contributed by atoms with van der Waals surface area (Å²) < 4.78 is 42.9. The lowest BCUT2D eigenvalue weighted by atomic mass is 9.87. The summed E-state index contributed by atoms with van der Waals surface area (Å²) >= 11 is 0. The molecule has 0 heterocycles. The predicted octanol–water partition coefficient (Wildman–Crippen LogP) is 9.97. The Bertz CT molecular complexity index is 982. The van der Waals surface area contributed by atoms with Gasteiger partial charge >= 0.3 is 6.18 Å². The molecule has 0 atom stereocenters. The van der Waals surface area contributed by atoms with Crippen LogP contribution in [0.4, 0.5) is 13.2 Å². The topological polar surface area (TPSA) is 9.23 Å². The lowest BCUT2D eigenvalue weighted by Gasteiger charge is -2.17. The van der Waals surface area contributed by atoms with Gasteiger partial charge in [-0.1, -0.05) is 69.0 Å². The maximum Gasteiger partial charge on any atom is 0.416 e. The second-order valence-corrected chi connectivity index (χ2v) is 8.92. The van der Waals surface area contributed by atoms with Gasteiger partial charge in [-0.15, -0.1) is 5.73 Å². The molecule has 1 aliphatic carbocycles. The molecule has 0 saturated heterocycles. The fourth-order valence-corrected chi connectivity index (χ4v) is 4.43. The molecule has 0 aliphatic heterocycles. The number of hydrogen-bond acceptors (Lipinski definition) is 1. The van der Waals surface area contributed by atoms with Crippen molar-refractivity contribution in [2.24, 2.45) is 5.92 Å². The number of alkyl halides is 3. The predicted molar refractivity (Wildman–Crippen MR) is 151 cm³/mol. The molecule has 0 bridgehead atoms. The second-order valence-electron chi connectivity index (χ2n) is 8.92. The minimum Gasteiger partial charge on any atom is -0.388 e. The first-order valence-corrected chi connectivity index (χ1v) is 13.0. The van der Waals surface area contributed by atoms with E-state index >= 15 is 0 Å². The van der Waals surface area contributed by atoms with Crippen LogP contribution in [0.15, 0.2) is 72.5 Å². The van der Waals surface area contributed by atoms with Crippen molar-refractivity contribution < 1.29 is 20.8 Å². The van der Waals surface area contributed by atoms with Gasteiger partial charge in [-0.3, -0.25) is 0 Å². The zero-order chi connectivity index (χ0) is 27.0. The smallest absolute Gasteiger partial charge is 0.388 e. The molecule has 1 nitrogen and oxygen atoms in total. The molecule has 0 N–H and O–H groups in total. The van der Waals surface area contributed by atoms with E-state index in [1.54, 1.807) is 20.3 Å². The highest BCUT2D eigenvalue weighted by atomic mass is 19.4. The monoisotopic (exact) mass is 504 g/mol. The third-order valence-electron chi connectivity index (χ3n) is 6.22. The largest absolute Gasteiger partial charge is 0.416 e. The van der Waals surface area contributed by atoms with Crippen molar-refractivity contribution in [3.63, 3.8) is 0 Å². The summed E-state index contributed by atoms with van der Waals surface area (Å²) in [6.45, 7) is 10.1. The normalized spacial score (nSPS) is 13.4. The Kier molecular flexibility index (Phi) is 14.9. The van der Waals surface area contributed by atoms with E-state index in [0.29, 0.717) is 12.3 Å². The van der Waals surface area contributed by atoms with Crippen molar-refractivity contribution in [3.8, 4) is 0 Å². The van der Waals surface area contributed by atoms with E-state index in [-0.39, 0.29) is 2.85 Å². The second kappa shape index (κ2) is 17.0. The molecule has 0 spiro atoms. The maximum atomic E-state index is 12.9. The molecule has 3 rings (SSSR count). The molecule has 0 amide bonds. The number of hydrogen-bond donors (Lipinski definition) is 0. The Labute approximate surface area is 219 Å². The third-order valence-corrected chi connectivity index (χ3v) is 6.22. The van der Waals surface area contributed by atoms with Gasteiger partial charge in [0, 0.05) is 23.5 Å². The van der Waals surface area contributed by atoms with Gasteiger partial charge in [-0.05, 0) is 91.7 Å². The average molecular weight is 505 g/mol. The SMILES string of the molecule is C=C=C(Cc1ccc(CCCc2cccc(C(F)(F)F)c2)c(C)c1)C1CCC=CCC1.CC.COC.[HH].[HH]. The Morgan fingerprint density at radius 2 is 1.64 bits per heavy atom. The lowest BCUT2D eigenvalue weighted by molar-refractivity contribution is -0.137. The lowest BCUT2D eigenvalue weighted by Crippen LogP contribution is -2.06. The number of aryl methyl sites for hydroxylation is 3. The van der Waals surface area contributed by atoms with Crippen LogP contribution in [-0.2, 0) is 30.2 Å². The van der Waals surface area contributed by atoms with Crippen molar-refractivity contribution in [2.75, 3.05) is 14.2 Å². The van der Waals surface area contributed by atoms with Gasteiger partial charge in [0.2, 0.25) is 0 Å². The van der Waals surface area contributed by atoms with E-state index in [9.17, 15) is 13.2 Å². The summed E-state index contributed by atoms with van der Waals surface area (Å²) in [7, 11) is 3.25. The van der Waals surface area contributed by atoms with Crippen molar-refractivity contribution in [1.29, 1.82) is 0 Å². The van der Waals surface area contributed by atoms with Crippen molar-refractivity contribution in [2.45, 2.75) is 78.3 Å². The summed E-state index contributed by atoms with van der Waals surface area (Å²) in [6, 6.07) is 12.3. The zero-order valence-electron chi connectivity index (χ0n) is 22.7. The van der Waals surface area contributed by atoms with Gasteiger partial charge < -0.3 is 4.74 Å². The van der Waals surface area contributed by atoms with Crippen LogP contribution in [-0.4, -0.2) is 14.2 Å². The first-order chi connectivity index (χ1) is 17.3. The molecule has 4 heteroatoms. The van der Waals surface area contributed by atoms with Crippen LogP contribution in [0.25, 0.3) is 0 Å². The minimum atomic E-state index is -4.28. The van der Waals surface area contributed by atoms with E-state index in [4.69, 9.17) is 0 Å². The summed E-state index contributed by atoms with van der Waals surface area (Å²) in [6.07, 6.45) is 8.08. The molecule has 2 aromatic carbocycles. The van der Waals surface area contributed by atoms with Crippen LogP contribution >= 0.6 is 0 Å². The summed E-state index contributed by atoms with van der Waals surface area (Å²) in [5, 5.41) is 0. The molecular weight excluding hydrogens is 457 g/mol. The first-order valence-electron chi connectivity index (χ1n) is 13.0. The number of rotatable bonds is 7. The standard InChI is InChI=1S/C28H31F3.C2H6O.C2H6.2H2/c1-3-24(26-12-6-4-5-7-13-26)19-23-16-17-25(21(2)18-23)14-8-10-22-11-9-15-27(20-22)28(29,30)31;1-3-2;1-2;;/h4-5,9,11,15-18,20,26H,1,6-8,10,12-14,19H2,2H3;1-2H3;1-2H3;2*1H. The molecule has 0 fully saturated rings. The van der Waals surface area contributed by atoms with Gasteiger partial charge in [0.1, 0.15) is 0 Å². The summed E-state index contributed by atoms with van der Waals surface area (Å²) in [5.74, 6) is 0.556. The third kappa shape index (κ3) is 11.0. The molecule has 0 radical (unpaired) electrons. The van der Waals surface area contributed by atoms with Crippen molar-refractivity contribution in [1.82, 2.24) is 0 Å². The van der Waals surface area contributed by atoms with Crippen molar-refractivity contribution >= 4 is 0 Å². The van der Waals surface area contributed by atoms with E-state index in [0.717, 1.165) is 43.7 Å². The average Bonchev–Trinajstić information content (AvgIpc) is 3.15. The fraction of sp³-hybridized carbons (Fsp3) is 0.469. The number of benzene rings is 2. The first kappa shape index (κ1) is 31.5. The maximum absolute atomic E-state index is 12.9. The Balaban J connectivity index is 0. The molecule has 2 aromatic rings. The van der Waals surface area contributed by atoms with E-state index in [2.05, 4.69) is 54.3 Å². The molecule has 0 unspecified atom stereocenters. The number of methoxy groups -OCH3 is 1. The molecule has 36 heavy (non-hydrogen) atoms. The Morgan fingerprint density at radius 3 is 2.19 bits per heavy atom. The van der Waals surface area contributed by atoms with Gasteiger partial charge in [0.15, 0.2) is 0 Å². The highest BCUT2D eigenvalue weighted by Gasteiger charge is 2.30. The fourth-order valence-electron chi connectivity index (χ4n) is 4.43. The Morgan fingerprint density at radius 1 is 1.00 bits per heavy atom. The van der Waals surface area contributed by atoms with Crippen LogP contribution in [0.1, 0.15) is 76.6 Å². The van der Waals surface area contributed by atoms with Crippen LogP contribution < -0.4 is 0 Å².